The van der Waals surface area contributed by atoms with Crippen LogP contribution in [0.2, 0.25) is 0 Å². The molecule has 1 aromatic carbocycles. The van der Waals surface area contributed by atoms with Crippen molar-refractivity contribution in [3.63, 3.8) is 0 Å². The van der Waals surface area contributed by atoms with Crippen molar-refractivity contribution < 1.29 is 5.11 Å². The third-order valence-corrected chi connectivity index (χ3v) is 3.46. The number of nitrogens with zero attached hydrogens (tertiary/aromatic N) is 1. The fourth-order valence-corrected chi connectivity index (χ4v) is 2.10. The molecule has 0 atom stereocenters. The number of benzene rings is 1. The van der Waals surface area contributed by atoms with Crippen LogP contribution >= 0.6 is 0 Å². The second kappa shape index (κ2) is 3.98. The summed E-state index contributed by atoms with van der Waals surface area (Å²) in [6.07, 6.45) is 1.66. The smallest absolute Gasteiger partial charge is 0.0653 e. The van der Waals surface area contributed by atoms with E-state index in [1.165, 1.54) is 5.69 Å². The van der Waals surface area contributed by atoms with E-state index in [4.69, 9.17) is 5.73 Å². The van der Waals surface area contributed by atoms with Gasteiger partial charge in [0, 0.05) is 24.5 Å². The lowest BCUT2D eigenvalue weighted by Gasteiger charge is -2.37. The molecule has 1 fully saturated rings. The second-order valence-electron chi connectivity index (χ2n) is 5.02. The molecule has 3 N–H and O–H groups in total. The number of aryl methyl sites for hydroxylation is 1. The zero-order valence-electron chi connectivity index (χ0n) is 10.0. The summed E-state index contributed by atoms with van der Waals surface area (Å²) in [5.74, 6) is 0. The Balaban J connectivity index is 2.11. The highest BCUT2D eigenvalue weighted by atomic mass is 16.3. The first-order valence-electron chi connectivity index (χ1n) is 5.81. The Morgan fingerprint density at radius 3 is 2.50 bits per heavy atom. The molecule has 3 heteroatoms. The van der Waals surface area contributed by atoms with Crippen LogP contribution in [-0.4, -0.2) is 23.8 Å². The van der Waals surface area contributed by atoms with Gasteiger partial charge in [-0.15, -0.1) is 0 Å². The van der Waals surface area contributed by atoms with Crippen molar-refractivity contribution >= 4 is 11.4 Å². The number of anilines is 2. The first-order valence-corrected chi connectivity index (χ1v) is 5.81. The molecule has 1 saturated heterocycles. The normalized spacial score (nSPS) is 19.8. The highest BCUT2D eigenvalue weighted by molar-refractivity contribution is 5.58. The van der Waals surface area contributed by atoms with Crippen LogP contribution in [0.25, 0.3) is 0 Å². The Morgan fingerprint density at radius 2 is 1.94 bits per heavy atom. The summed E-state index contributed by atoms with van der Waals surface area (Å²) in [5.41, 5.74) is 8.49. The van der Waals surface area contributed by atoms with Crippen molar-refractivity contribution in [2.24, 2.45) is 0 Å². The molecule has 3 nitrogen and oxygen atoms in total. The number of hydrogen-bond donors (Lipinski definition) is 2. The second-order valence-corrected chi connectivity index (χ2v) is 5.02. The summed E-state index contributed by atoms with van der Waals surface area (Å²) in [4.78, 5) is 2.31. The largest absolute Gasteiger partial charge is 0.399 e. The molecule has 0 unspecified atom stereocenters. The molecule has 0 aromatic heterocycles. The highest BCUT2D eigenvalue weighted by Gasteiger charge is 2.27. The van der Waals surface area contributed by atoms with E-state index in [-0.39, 0.29) is 0 Å². The molecule has 0 aliphatic carbocycles. The average Bonchev–Trinajstić information content (AvgIpc) is 2.22. The van der Waals surface area contributed by atoms with Crippen molar-refractivity contribution in [3.05, 3.63) is 23.8 Å². The lowest BCUT2D eigenvalue weighted by Crippen LogP contribution is -2.42. The number of nitrogen functional groups attached to an aromatic ring is 1. The van der Waals surface area contributed by atoms with Crippen LogP contribution in [0.3, 0.4) is 0 Å². The summed E-state index contributed by atoms with van der Waals surface area (Å²) in [7, 11) is 0. The molecule has 1 aliphatic heterocycles. The van der Waals surface area contributed by atoms with Gasteiger partial charge in [-0.3, -0.25) is 0 Å². The molecule has 0 amide bonds. The summed E-state index contributed by atoms with van der Waals surface area (Å²) in [5, 5.41) is 9.89. The van der Waals surface area contributed by atoms with E-state index in [1.807, 2.05) is 19.9 Å². The molecule has 16 heavy (non-hydrogen) atoms. The Kier molecular flexibility index (Phi) is 2.80. The molecular formula is C13H20N2O. The van der Waals surface area contributed by atoms with E-state index in [9.17, 15) is 5.11 Å². The molecule has 1 aliphatic rings. The van der Waals surface area contributed by atoms with Crippen LogP contribution in [0, 0.1) is 6.92 Å². The van der Waals surface area contributed by atoms with Crippen molar-refractivity contribution in [2.75, 3.05) is 23.7 Å². The van der Waals surface area contributed by atoms with E-state index in [0.717, 1.165) is 37.2 Å². The van der Waals surface area contributed by atoms with Crippen LogP contribution in [0.5, 0.6) is 0 Å². The van der Waals surface area contributed by atoms with Crippen LogP contribution in [0.4, 0.5) is 11.4 Å². The molecule has 1 heterocycles. The molecule has 88 valence electrons. The van der Waals surface area contributed by atoms with Gasteiger partial charge in [0.05, 0.1) is 5.60 Å². The fraction of sp³-hybridized carbons (Fsp3) is 0.538. The van der Waals surface area contributed by atoms with Gasteiger partial charge in [-0.2, -0.15) is 0 Å². The average molecular weight is 220 g/mol. The first-order chi connectivity index (χ1) is 7.48. The maximum atomic E-state index is 9.89. The molecule has 0 spiro atoms. The van der Waals surface area contributed by atoms with Gasteiger partial charge in [-0.05, 0) is 50.5 Å². The molecule has 0 saturated carbocycles. The first kappa shape index (κ1) is 11.3. The highest BCUT2D eigenvalue weighted by Crippen LogP contribution is 2.27. The van der Waals surface area contributed by atoms with Crippen LogP contribution in [-0.2, 0) is 0 Å². The van der Waals surface area contributed by atoms with Crippen molar-refractivity contribution in [1.29, 1.82) is 0 Å². The summed E-state index contributed by atoms with van der Waals surface area (Å²) >= 11 is 0. The van der Waals surface area contributed by atoms with Crippen molar-refractivity contribution in [1.82, 2.24) is 0 Å². The van der Waals surface area contributed by atoms with Crippen molar-refractivity contribution in [2.45, 2.75) is 32.3 Å². The standard InChI is InChI=1S/C13H20N2O/c1-10-9-11(3-4-12(10)14)15-7-5-13(2,16)6-8-15/h3-4,9,16H,5-8,14H2,1-2H3. The van der Waals surface area contributed by atoms with Crippen molar-refractivity contribution in [3.8, 4) is 0 Å². The minimum Gasteiger partial charge on any atom is -0.399 e. The van der Waals surface area contributed by atoms with Gasteiger partial charge in [-0.25, -0.2) is 0 Å². The molecule has 2 rings (SSSR count). The van der Waals surface area contributed by atoms with Gasteiger partial charge in [0.1, 0.15) is 0 Å². The number of nitrogens with two attached hydrogens (primary N) is 1. The number of aliphatic hydroxyl groups is 1. The summed E-state index contributed by atoms with van der Waals surface area (Å²) < 4.78 is 0. The maximum absolute atomic E-state index is 9.89. The number of piperidine rings is 1. The Morgan fingerprint density at radius 1 is 1.31 bits per heavy atom. The molecule has 0 radical (unpaired) electrons. The monoisotopic (exact) mass is 220 g/mol. The summed E-state index contributed by atoms with van der Waals surface area (Å²) in [6, 6.07) is 6.13. The van der Waals surface area contributed by atoms with Crippen LogP contribution in [0.1, 0.15) is 25.3 Å². The van der Waals surface area contributed by atoms with E-state index in [0.29, 0.717) is 0 Å². The molecule has 1 aromatic rings. The topological polar surface area (TPSA) is 49.5 Å². The Labute approximate surface area is 96.9 Å². The van der Waals surface area contributed by atoms with Gasteiger partial charge in [0.15, 0.2) is 0 Å². The van der Waals surface area contributed by atoms with E-state index in [1.54, 1.807) is 0 Å². The number of rotatable bonds is 1. The van der Waals surface area contributed by atoms with E-state index in [2.05, 4.69) is 17.0 Å². The minimum atomic E-state index is -0.487. The quantitative estimate of drug-likeness (QED) is 0.711. The molecule has 0 bridgehead atoms. The van der Waals surface area contributed by atoms with Gasteiger partial charge in [-0.1, -0.05) is 0 Å². The summed E-state index contributed by atoms with van der Waals surface area (Å²) in [6.45, 7) is 5.77. The zero-order chi connectivity index (χ0) is 11.8. The van der Waals surface area contributed by atoms with Crippen LogP contribution in [0.15, 0.2) is 18.2 Å². The fourth-order valence-electron chi connectivity index (χ4n) is 2.10. The van der Waals surface area contributed by atoms with Gasteiger partial charge >= 0.3 is 0 Å². The third-order valence-electron chi connectivity index (χ3n) is 3.46. The lowest BCUT2D eigenvalue weighted by molar-refractivity contribution is 0.0351. The van der Waals surface area contributed by atoms with Gasteiger partial charge in [0.2, 0.25) is 0 Å². The third kappa shape index (κ3) is 2.30. The SMILES string of the molecule is Cc1cc(N2CCC(C)(O)CC2)ccc1N. The maximum Gasteiger partial charge on any atom is 0.0653 e. The lowest BCUT2D eigenvalue weighted by atomic mass is 9.93. The predicted molar refractivity (Wildman–Crippen MR) is 67.7 cm³/mol. The van der Waals surface area contributed by atoms with Crippen LogP contribution < -0.4 is 10.6 Å². The zero-order valence-corrected chi connectivity index (χ0v) is 10.0. The Bertz CT molecular complexity index is 378. The number of hydrogen-bond acceptors (Lipinski definition) is 3. The predicted octanol–water partition coefficient (Wildman–Crippen LogP) is 1.93. The van der Waals surface area contributed by atoms with E-state index >= 15 is 0 Å². The van der Waals surface area contributed by atoms with Gasteiger partial charge in [0.25, 0.3) is 0 Å². The van der Waals surface area contributed by atoms with Gasteiger partial charge < -0.3 is 15.7 Å². The van der Waals surface area contributed by atoms with E-state index < -0.39 is 5.60 Å². The minimum absolute atomic E-state index is 0.487. The Hall–Kier alpha value is -1.22. The molecular weight excluding hydrogens is 200 g/mol.